The van der Waals surface area contributed by atoms with E-state index < -0.39 is 0 Å². The van der Waals surface area contributed by atoms with Gasteiger partial charge in [0.05, 0.1) is 5.69 Å². The minimum atomic E-state index is -0.0470. The number of carbonyl (C=O) groups is 1. The van der Waals surface area contributed by atoms with Crippen LogP contribution in [0.4, 0.5) is 5.69 Å². The Morgan fingerprint density at radius 2 is 2.33 bits per heavy atom. The van der Waals surface area contributed by atoms with Gasteiger partial charge < -0.3 is 9.88 Å². The molecule has 1 atom stereocenters. The van der Waals surface area contributed by atoms with E-state index in [9.17, 15) is 9.59 Å². The summed E-state index contributed by atoms with van der Waals surface area (Å²) in [6.45, 7) is 2.50. The minimum absolute atomic E-state index is 0.00727. The molecule has 0 aliphatic heterocycles. The van der Waals surface area contributed by atoms with Crippen LogP contribution >= 0.6 is 0 Å². The molecule has 1 heterocycles. The monoisotopic (exact) mass is 246 g/mol. The molecular formula is C14H18N2O2. The molecule has 0 saturated heterocycles. The highest BCUT2D eigenvalue weighted by Gasteiger charge is 2.14. The van der Waals surface area contributed by atoms with Gasteiger partial charge in [-0.15, -0.1) is 0 Å². The predicted octanol–water partition coefficient (Wildman–Crippen LogP) is 2.16. The standard InChI is InChI=1S/C14H18N2O2/c1-2-16-10-12(7-8-14(16)18)15-13(17)9-11-5-3-4-6-11/h3,5,7-8,10-11H,2,4,6,9H2,1H3,(H,15,17)/t11-/m1/s1. The molecule has 0 radical (unpaired) electrons. The zero-order valence-electron chi connectivity index (χ0n) is 10.6. The Morgan fingerprint density at radius 1 is 1.50 bits per heavy atom. The normalized spacial score (nSPS) is 17.9. The number of hydrogen-bond donors (Lipinski definition) is 1. The molecule has 1 aliphatic carbocycles. The highest BCUT2D eigenvalue weighted by Crippen LogP contribution is 2.20. The van der Waals surface area contributed by atoms with Gasteiger partial charge in [0.1, 0.15) is 0 Å². The molecule has 0 fully saturated rings. The molecule has 4 heteroatoms. The fourth-order valence-corrected chi connectivity index (χ4v) is 2.17. The fraction of sp³-hybridized carbons (Fsp3) is 0.429. The van der Waals surface area contributed by atoms with Crippen LogP contribution in [-0.2, 0) is 11.3 Å². The van der Waals surface area contributed by atoms with Crippen molar-refractivity contribution in [2.24, 2.45) is 5.92 Å². The lowest BCUT2D eigenvalue weighted by molar-refractivity contribution is -0.116. The number of allylic oxidation sites excluding steroid dienone is 2. The van der Waals surface area contributed by atoms with Crippen molar-refractivity contribution in [3.63, 3.8) is 0 Å². The summed E-state index contributed by atoms with van der Waals surface area (Å²) < 4.78 is 1.57. The number of pyridine rings is 1. The zero-order chi connectivity index (χ0) is 13.0. The van der Waals surface area contributed by atoms with Crippen molar-refractivity contribution in [2.75, 3.05) is 5.32 Å². The number of nitrogens with zero attached hydrogens (tertiary/aromatic N) is 1. The van der Waals surface area contributed by atoms with Crippen LogP contribution in [0.15, 0.2) is 35.3 Å². The molecule has 0 aromatic carbocycles. The highest BCUT2D eigenvalue weighted by atomic mass is 16.1. The van der Waals surface area contributed by atoms with E-state index in [0.717, 1.165) is 12.8 Å². The topological polar surface area (TPSA) is 51.1 Å². The van der Waals surface area contributed by atoms with Gasteiger partial charge in [0.2, 0.25) is 5.91 Å². The molecule has 0 spiro atoms. The maximum atomic E-state index is 11.8. The first-order valence-electron chi connectivity index (χ1n) is 6.36. The largest absolute Gasteiger partial charge is 0.325 e. The Hall–Kier alpha value is -1.84. The van der Waals surface area contributed by atoms with Crippen LogP contribution < -0.4 is 10.9 Å². The van der Waals surface area contributed by atoms with Crippen LogP contribution in [0.1, 0.15) is 26.2 Å². The van der Waals surface area contributed by atoms with Crippen LogP contribution in [0.5, 0.6) is 0 Å². The third kappa shape index (κ3) is 3.09. The first kappa shape index (κ1) is 12.6. The first-order valence-corrected chi connectivity index (χ1v) is 6.36. The molecule has 4 nitrogen and oxygen atoms in total. The average molecular weight is 246 g/mol. The third-order valence-corrected chi connectivity index (χ3v) is 3.17. The van der Waals surface area contributed by atoms with Crippen LogP contribution in [0.3, 0.4) is 0 Å². The van der Waals surface area contributed by atoms with Crippen LogP contribution in [0.2, 0.25) is 0 Å². The molecular weight excluding hydrogens is 228 g/mol. The van der Waals surface area contributed by atoms with Crippen molar-refractivity contribution < 1.29 is 4.79 Å². The van der Waals surface area contributed by atoms with Gasteiger partial charge in [-0.2, -0.15) is 0 Å². The number of aromatic nitrogens is 1. The maximum absolute atomic E-state index is 11.8. The van der Waals surface area contributed by atoms with Gasteiger partial charge in [0.25, 0.3) is 5.56 Å². The fourth-order valence-electron chi connectivity index (χ4n) is 2.17. The molecule has 18 heavy (non-hydrogen) atoms. The van der Waals surface area contributed by atoms with Crippen molar-refractivity contribution in [3.05, 3.63) is 40.8 Å². The zero-order valence-corrected chi connectivity index (χ0v) is 10.6. The summed E-state index contributed by atoms with van der Waals surface area (Å²) in [5.41, 5.74) is 0.637. The van der Waals surface area contributed by atoms with Crippen molar-refractivity contribution >= 4 is 11.6 Å². The Bertz CT molecular complexity index is 517. The number of hydrogen-bond acceptors (Lipinski definition) is 2. The second-order valence-corrected chi connectivity index (χ2v) is 4.56. The summed E-state index contributed by atoms with van der Waals surface area (Å²) >= 11 is 0. The SMILES string of the molecule is CCn1cc(NC(=O)C[C@@H]2C=CCC2)ccc1=O. The maximum Gasteiger partial charge on any atom is 0.250 e. The molecule has 1 aromatic rings. The van der Waals surface area contributed by atoms with Crippen molar-refractivity contribution in [2.45, 2.75) is 32.7 Å². The van der Waals surface area contributed by atoms with E-state index in [0.29, 0.717) is 24.6 Å². The first-order chi connectivity index (χ1) is 8.69. The van der Waals surface area contributed by atoms with Gasteiger partial charge in [-0.05, 0) is 31.7 Å². The van der Waals surface area contributed by atoms with Crippen LogP contribution in [0, 0.1) is 5.92 Å². The second-order valence-electron chi connectivity index (χ2n) is 4.56. The third-order valence-electron chi connectivity index (χ3n) is 3.17. The van der Waals surface area contributed by atoms with E-state index in [1.54, 1.807) is 16.8 Å². The van der Waals surface area contributed by atoms with Gasteiger partial charge in [0, 0.05) is 25.2 Å². The van der Waals surface area contributed by atoms with Gasteiger partial charge in [-0.25, -0.2) is 0 Å². The quantitative estimate of drug-likeness (QED) is 0.828. The lowest BCUT2D eigenvalue weighted by atomic mass is 10.1. The van der Waals surface area contributed by atoms with Gasteiger partial charge in [-0.3, -0.25) is 9.59 Å². The molecule has 2 rings (SSSR count). The van der Waals surface area contributed by atoms with Gasteiger partial charge in [0.15, 0.2) is 0 Å². The highest BCUT2D eigenvalue weighted by molar-refractivity contribution is 5.90. The molecule has 1 aliphatic rings. The van der Waals surface area contributed by atoms with E-state index in [1.807, 2.05) is 6.92 Å². The van der Waals surface area contributed by atoms with Crippen molar-refractivity contribution in [3.8, 4) is 0 Å². The number of amides is 1. The average Bonchev–Trinajstić information content (AvgIpc) is 2.84. The molecule has 0 bridgehead atoms. The van der Waals surface area contributed by atoms with Gasteiger partial charge >= 0.3 is 0 Å². The number of nitrogens with one attached hydrogen (secondary N) is 1. The van der Waals surface area contributed by atoms with E-state index in [4.69, 9.17) is 0 Å². The Labute approximate surface area is 106 Å². The molecule has 96 valence electrons. The van der Waals surface area contributed by atoms with Gasteiger partial charge in [-0.1, -0.05) is 12.2 Å². The smallest absolute Gasteiger partial charge is 0.250 e. The molecule has 1 aromatic heterocycles. The molecule has 1 N–H and O–H groups in total. The predicted molar refractivity (Wildman–Crippen MR) is 71.5 cm³/mol. The lowest BCUT2D eigenvalue weighted by Gasteiger charge is -2.10. The minimum Gasteiger partial charge on any atom is -0.325 e. The number of anilines is 1. The summed E-state index contributed by atoms with van der Waals surface area (Å²) in [4.78, 5) is 23.2. The van der Waals surface area contributed by atoms with Crippen LogP contribution in [-0.4, -0.2) is 10.5 Å². The summed E-state index contributed by atoms with van der Waals surface area (Å²) in [6.07, 6.45) is 8.55. The summed E-state index contributed by atoms with van der Waals surface area (Å²) in [6, 6.07) is 3.13. The van der Waals surface area contributed by atoms with E-state index >= 15 is 0 Å². The molecule has 0 unspecified atom stereocenters. The van der Waals surface area contributed by atoms with Crippen molar-refractivity contribution in [1.82, 2.24) is 4.57 Å². The Balaban J connectivity index is 1.98. The number of carbonyl (C=O) groups excluding carboxylic acids is 1. The van der Waals surface area contributed by atoms with E-state index in [2.05, 4.69) is 17.5 Å². The number of aryl methyl sites for hydroxylation is 1. The van der Waals surface area contributed by atoms with E-state index in [-0.39, 0.29) is 11.5 Å². The van der Waals surface area contributed by atoms with Crippen molar-refractivity contribution in [1.29, 1.82) is 0 Å². The second kappa shape index (κ2) is 5.67. The number of rotatable bonds is 4. The van der Waals surface area contributed by atoms with E-state index in [1.165, 1.54) is 6.07 Å². The Morgan fingerprint density at radius 3 is 3.00 bits per heavy atom. The summed E-state index contributed by atoms with van der Waals surface area (Å²) in [7, 11) is 0. The summed E-state index contributed by atoms with van der Waals surface area (Å²) in [5.74, 6) is 0.370. The summed E-state index contributed by atoms with van der Waals surface area (Å²) in [5, 5.41) is 2.84. The molecule has 1 amide bonds. The lowest BCUT2D eigenvalue weighted by Crippen LogP contribution is -2.20. The molecule has 0 saturated carbocycles. The Kier molecular flexibility index (Phi) is 3.97. The van der Waals surface area contributed by atoms with Crippen LogP contribution in [0.25, 0.3) is 0 Å².